The van der Waals surface area contributed by atoms with Crippen LogP contribution in [0, 0.1) is 13.8 Å². The van der Waals surface area contributed by atoms with Crippen LogP contribution >= 0.6 is 27.7 Å². The van der Waals surface area contributed by atoms with E-state index in [0.29, 0.717) is 28.0 Å². The number of carbonyl (C=O) groups excluding carboxylic acids is 2. The number of aryl methyl sites for hydroxylation is 2. The van der Waals surface area contributed by atoms with Crippen molar-refractivity contribution in [3.8, 4) is 11.6 Å². The summed E-state index contributed by atoms with van der Waals surface area (Å²) in [4.78, 5) is 33.5. The minimum atomic E-state index is -0.657. The lowest BCUT2D eigenvalue weighted by Crippen LogP contribution is -2.22. The number of benzene rings is 1. The molecular weight excluding hydrogens is 458 g/mol. The van der Waals surface area contributed by atoms with Gasteiger partial charge in [0, 0.05) is 4.47 Å². The summed E-state index contributed by atoms with van der Waals surface area (Å²) >= 11 is 4.68. The Bertz CT molecular complexity index is 1050. The second-order valence-corrected chi connectivity index (χ2v) is 7.75. The number of carbonyl (C=O) groups is 2. The number of rotatable bonds is 6. The zero-order valence-corrected chi connectivity index (χ0v) is 18.4. The number of amides is 1. The lowest BCUT2D eigenvalue weighted by atomic mass is 10.2. The van der Waals surface area contributed by atoms with E-state index < -0.39 is 18.5 Å². The fourth-order valence-electron chi connectivity index (χ4n) is 2.56. The standard InChI is InChI=1S/C20H18BrN3O4S/c1-11-6-7-14(13(21)9-11)23-16(25)10-28-20(26)17-12(2)22-18(24-19(17)29-3)15-5-4-8-27-15/h4-9H,10H2,1-3H3,(H,23,25). The van der Waals surface area contributed by atoms with E-state index in [4.69, 9.17) is 9.15 Å². The van der Waals surface area contributed by atoms with Gasteiger partial charge in [-0.05, 0) is 65.9 Å². The first-order valence-electron chi connectivity index (χ1n) is 8.58. The molecule has 1 aromatic carbocycles. The Labute approximate surface area is 180 Å². The summed E-state index contributed by atoms with van der Waals surface area (Å²) < 4.78 is 11.3. The second kappa shape index (κ2) is 9.23. The van der Waals surface area contributed by atoms with Crippen LogP contribution in [0.4, 0.5) is 5.69 Å². The Hall–Kier alpha value is -2.65. The van der Waals surface area contributed by atoms with E-state index in [2.05, 4.69) is 31.2 Å². The van der Waals surface area contributed by atoms with Crippen LogP contribution in [0.1, 0.15) is 21.6 Å². The highest BCUT2D eigenvalue weighted by molar-refractivity contribution is 9.10. The van der Waals surface area contributed by atoms with E-state index in [1.54, 1.807) is 31.4 Å². The highest BCUT2D eigenvalue weighted by atomic mass is 79.9. The molecule has 3 aromatic rings. The normalized spacial score (nSPS) is 10.6. The van der Waals surface area contributed by atoms with Crippen LogP contribution in [-0.2, 0) is 9.53 Å². The molecule has 150 valence electrons. The summed E-state index contributed by atoms with van der Waals surface area (Å²) in [5.41, 5.74) is 2.34. The van der Waals surface area contributed by atoms with E-state index in [9.17, 15) is 9.59 Å². The topological polar surface area (TPSA) is 94.3 Å². The number of nitrogens with zero attached hydrogens (tertiary/aromatic N) is 2. The van der Waals surface area contributed by atoms with Crippen molar-refractivity contribution in [3.05, 3.63) is 57.9 Å². The lowest BCUT2D eigenvalue weighted by molar-refractivity contribution is -0.119. The SMILES string of the molecule is CSc1nc(-c2ccco2)nc(C)c1C(=O)OCC(=O)Nc1ccc(C)cc1Br. The molecule has 29 heavy (non-hydrogen) atoms. The van der Waals surface area contributed by atoms with Gasteiger partial charge in [0.15, 0.2) is 18.2 Å². The van der Waals surface area contributed by atoms with Gasteiger partial charge >= 0.3 is 5.97 Å². The number of hydrogen-bond donors (Lipinski definition) is 1. The lowest BCUT2D eigenvalue weighted by Gasteiger charge is -2.12. The van der Waals surface area contributed by atoms with Crippen LogP contribution in [0.15, 0.2) is 50.5 Å². The third-order valence-electron chi connectivity index (χ3n) is 3.93. The molecule has 0 spiro atoms. The van der Waals surface area contributed by atoms with Crippen LogP contribution in [0.25, 0.3) is 11.6 Å². The molecule has 7 nitrogen and oxygen atoms in total. The first-order chi connectivity index (χ1) is 13.9. The van der Waals surface area contributed by atoms with Crippen molar-refractivity contribution < 1.29 is 18.7 Å². The van der Waals surface area contributed by atoms with Crippen LogP contribution in [0.5, 0.6) is 0 Å². The molecule has 0 unspecified atom stereocenters. The molecule has 0 aliphatic rings. The zero-order valence-electron chi connectivity index (χ0n) is 16.0. The number of nitrogens with one attached hydrogen (secondary N) is 1. The van der Waals surface area contributed by atoms with Gasteiger partial charge in [0.25, 0.3) is 5.91 Å². The number of anilines is 1. The number of furan rings is 1. The summed E-state index contributed by atoms with van der Waals surface area (Å²) in [6.45, 7) is 3.21. The van der Waals surface area contributed by atoms with Crippen LogP contribution in [0.3, 0.4) is 0 Å². The van der Waals surface area contributed by atoms with E-state index >= 15 is 0 Å². The highest BCUT2D eigenvalue weighted by Gasteiger charge is 2.22. The molecule has 2 heterocycles. The van der Waals surface area contributed by atoms with E-state index in [-0.39, 0.29) is 5.56 Å². The average Bonchev–Trinajstić information content (AvgIpc) is 3.22. The Balaban J connectivity index is 1.71. The number of aromatic nitrogens is 2. The largest absolute Gasteiger partial charge is 0.461 e. The average molecular weight is 476 g/mol. The summed E-state index contributed by atoms with van der Waals surface area (Å²) in [5.74, 6) is -0.211. The van der Waals surface area contributed by atoms with Crippen molar-refractivity contribution in [2.75, 3.05) is 18.2 Å². The molecule has 2 aromatic heterocycles. The number of hydrogen-bond acceptors (Lipinski definition) is 7. The van der Waals surface area contributed by atoms with Crippen LogP contribution in [-0.4, -0.2) is 34.7 Å². The van der Waals surface area contributed by atoms with Crippen molar-refractivity contribution in [2.45, 2.75) is 18.9 Å². The number of ether oxygens (including phenoxy) is 1. The monoisotopic (exact) mass is 475 g/mol. The summed E-state index contributed by atoms with van der Waals surface area (Å²) in [5, 5.41) is 3.16. The Kier molecular flexibility index (Phi) is 6.71. The van der Waals surface area contributed by atoms with Crippen molar-refractivity contribution in [1.29, 1.82) is 0 Å². The van der Waals surface area contributed by atoms with Gasteiger partial charge in [-0.2, -0.15) is 0 Å². The van der Waals surface area contributed by atoms with E-state index in [1.807, 2.05) is 19.1 Å². The number of esters is 1. The van der Waals surface area contributed by atoms with Gasteiger partial charge in [-0.25, -0.2) is 14.8 Å². The summed E-state index contributed by atoms with van der Waals surface area (Å²) in [6, 6.07) is 9.01. The van der Waals surface area contributed by atoms with E-state index in [0.717, 1.165) is 10.0 Å². The highest BCUT2D eigenvalue weighted by Crippen LogP contribution is 2.26. The van der Waals surface area contributed by atoms with Gasteiger partial charge in [-0.1, -0.05) is 6.07 Å². The van der Waals surface area contributed by atoms with Crippen molar-refractivity contribution in [1.82, 2.24) is 9.97 Å². The molecule has 0 radical (unpaired) electrons. The smallest absolute Gasteiger partial charge is 0.343 e. The summed E-state index contributed by atoms with van der Waals surface area (Å²) in [6.07, 6.45) is 3.33. The van der Waals surface area contributed by atoms with Crippen molar-refractivity contribution in [2.24, 2.45) is 0 Å². The van der Waals surface area contributed by atoms with Gasteiger partial charge in [0.1, 0.15) is 10.6 Å². The predicted octanol–water partition coefficient (Wildman–Crippen LogP) is 4.63. The summed E-state index contributed by atoms with van der Waals surface area (Å²) in [7, 11) is 0. The molecule has 0 aliphatic heterocycles. The number of thioether (sulfide) groups is 1. The maximum atomic E-state index is 12.6. The Morgan fingerprint density at radius 2 is 2.03 bits per heavy atom. The van der Waals surface area contributed by atoms with Crippen molar-refractivity contribution >= 4 is 45.3 Å². The van der Waals surface area contributed by atoms with Gasteiger partial charge in [-0.3, -0.25) is 4.79 Å². The molecule has 0 fully saturated rings. The Morgan fingerprint density at radius 1 is 1.24 bits per heavy atom. The van der Waals surface area contributed by atoms with Crippen LogP contribution in [0.2, 0.25) is 0 Å². The molecule has 9 heteroatoms. The maximum Gasteiger partial charge on any atom is 0.343 e. The first kappa shape index (κ1) is 21.1. The Morgan fingerprint density at radius 3 is 2.69 bits per heavy atom. The maximum absolute atomic E-state index is 12.6. The van der Waals surface area contributed by atoms with Gasteiger partial charge in [0.05, 0.1) is 17.6 Å². The van der Waals surface area contributed by atoms with E-state index in [1.165, 1.54) is 18.0 Å². The first-order valence-corrected chi connectivity index (χ1v) is 10.6. The minimum Gasteiger partial charge on any atom is -0.461 e. The predicted molar refractivity (Wildman–Crippen MR) is 114 cm³/mol. The molecule has 0 atom stereocenters. The number of halogens is 1. The molecule has 3 rings (SSSR count). The minimum absolute atomic E-state index is 0.233. The molecule has 1 N–H and O–H groups in total. The van der Waals surface area contributed by atoms with Gasteiger partial charge < -0.3 is 14.5 Å². The van der Waals surface area contributed by atoms with Gasteiger partial charge in [-0.15, -0.1) is 11.8 Å². The zero-order chi connectivity index (χ0) is 21.0. The third kappa shape index (κ3) is 5.04. The molecular formula is C20H18BrN3O4S. The molecule has 0 saturated heterocycles. The third-order valence-corrected chi connectivity index (χ3v) is 5.27. The van der Waals surface area contributed by atoms with Crippen molar-refractivity contribution in [3.63, 3.8) is 0 Å². The molecule has 1 amide bonds. The molecule has 0 aliphatic carbocycles. The second-order valence-electron chi connectivity index (χ2n) is 6.10. The van der Waals surface area contributed by atoms with Crippen LogP contribution < -0.4 is 5.32 Å². The fraction of sp³-hybridized carbons (Fsp3) is 0.200. The molecule has 0 bridgehead atoms. The van der Waals surface area contributed by atoms with Gasteiger partial charge in [0.2, 0.25) is 0 Å². The fourth-order valence-corrected chi connectivity index (χ4v) is 3.76. The quantitative estimate of drug-likeness (QED) is 0.315. The molecule has 0 saturated carbocycles.